The van der Waals surface area contributed by atoms with Gasteiger partial charge in [-0.15, -0.1) is 0 Å². The molecular weight excluding hydrogens is 628 g/mol. The molecule has 250 valence electrons. The van der Waals surface area contributed by atoms with Gasteiger partial charge >= 0.3 is 0 Å². The molecule has 1 saturated carbocycles. The second-order valence-corrected chi connectivity index (χ2v) is 14.7. The van der Waals surface area contributed by atoms with Crippen LogP contribution in [0.5, 0.6) is 5.75 Å². The first-order valence-electron chi connectivity index (χ1n) is 16.4. The number of pyridine rings is 1. The first-order valence-corrected chi connectivity index (χ1v) is 16.7. The Morgan fingerprint density at radius 2 is 1.77 bits per heavy atom. The molecule has 2 N–H and O–H groups in total. The predicted molar refractivity (Wildman–Crippen MR) is 182 cm³/mol. The lowest BCUT2D eigenvalue weighted by Gasteiger charge is -2.65. The molecule has 2 aromatic carbocycles. The molecule has 3 aromatic rings. The molecule has 1 aromatic heterocycles. The monoisotopic (exact) mass is 668 g/mol. The van der Waals surface area contributed by atoms with Crippen LogP contribution in [0, 0.1) is 22.2 Å². The van der Waals surface area contributed by atoms with Gasteiger partial charge in [-0.1, -0.05) is 63.6 Å². The van der Waals surface area contributed by atoms with Gasteiger partial charge in [0.1, 0.15) is 23.7 Å². The van der Waals surface area contributed by atoms with E-state index in [2.05, 4.69) is 33.0 Å². The van der Waals surface area contributed by atoms with Gasteiger partial charge in [0.25, 0.3) is 0 Å². The summed E-state index contributed by atoms with van der Waals surface area (Å²) in [5.41, 5.74) is 7.12. The van der Waals surface area contributed by atoms with Gasteiger partial charge < -0.3 is 15.4 Å². The number of likely N-dealkylation sites (tertiary alicyclic amines) is 1. The van der Waals surface area contributed by atoms with Gasteiger partial charge in [0.05, 0.1) is 28.1 Å². The maximum atomic E-state index is 14.2. The Labute approximate surface area is 286 Å². The van der Waals surface area contributed by atoms with E-state index in [1.165, 1.54) is 11.1 Å². The van der Waals surface area contributed by atoms with Crippen LogP contribution in [-0.4, -0.2) is 70.8 Å². The molecule has 3 amide bonds. The van der Waals surface area contributed by atoms with Crippen LogP contribution in [-0.2, 0) is 16.1 Å². The molecule has 6 rings (SSSR count). The maximum absolute atomic E-state index is 14.2. The van der Waals surface area contributed by atoms with Crippen LogP contribution in [0.2, 0.25) is 5.02 Å². The van der Waals surface area contributed by atoms with Crippen molar-refractivity contribution < 1.29 is 19.1 Å². The van der Waals surface area contributed by atoms with E-state index < -0.39 is 22.7 Å². The topological polar surface area (TPSA) is 133 Å². The fraction of sp³-hybridized carbons (Fsp3) is 0.432. The van der Waals surface area contributed by atoms with Gasteiger partial charge in [0.15, 0.2) is 0 Å². The number of carbonyl (C=O) groups excluding carboxylic acids is 3. The Morgan fingerprint density at radius 1 is 1.04 bits per heavy atom. The standard InChI is InChI=1S/C37H41ClN6O4/c1-36(2)34(37(3,4)35(36)48-27-10-8-25(20-39)29(38)19-27)44-31(45)13-11-28(33(44)47)24-7-5-6-23(18-24)22-42-14-16-43(17-15-42)30-12-9-26(21-41-30)32(40)46/h5-10,12,18-19,21,28,34-35H,11,13-17,22H2,1-4H3,(H2,40,46). The van der Waals surface area contributed by atoms with Crippen LogP contribution >= 0.6 is 11.6 Å². The Balaban J connectivity index is 1.12. The Hall–Kier alpha value is -4.46. The van der Waals surface area contributed by atoms with Crippen LogP contribution < -0.4 is 15.4 Å². The number of piperazine rings is 1. The maximum Gasteiger partial charge on any atom is 0.250 e. The number of amides is 3. The number of benzene rings is 2. The number of nitriles is 1. The highest BCUT2D eigenvalue weighted by atomic mass is 35.5. The van der Waals surface area contributed by atoms with Crippen molar-refractivity contribution in [2.24, 2.45) is 16.6 Å². The third kappa shape index (κ3) is 6.13. The molecule has 0 radical (unpaired) electrons. The minimum Gasteiger partial charge on any atom is -0.489 e. The molecule has 1 unspecified atom stereocenters. The molecule has 2 saturated heterocycles. The van der Waals surface area contributed by atoms with Gasteiger partial charge in [0.2, 0.25) is 17.7 Å². The highest BCUT2D eigenvalue weighted by Crippen LogP contribution is 2.59. The summed E-state index contributed by atoms with van der Waals surface area (Å²) in [4.78, 5) is 49.6. The van der Waals surface area contributed by atoms with Crippen LogP contribution in [0.3, 0.4) is 0 Å². The number of piperidine rings is 1. The second-order valence-electron chi connectivity index (χ2n) is 14.3. The quantitative estimate of drug-likeness (QED) is 0.326. The summed E-state index contributed by atoms with van der Waals surface area (Å²) >= 11 is 6.27. The van der Waals surface area contributed by atoms with Crippen LogP contribution in [0.15, 0.2) is 60.8 Å². The van der Waals surface area contributed by atoms with E-state index in [0.717, 1.165) is 49.7 Å². The Kier molecular flexibility index (Phi) is 8.96. The van der Waals surface area contributed by atoms with Crippen molar-refractivity contribution in [1.29, 1.82) is 5.26 Å². The molecule has 2 aliphatic heterocycles. The summed E-state index contributed by atoms with van der Waals surface area (Å²) in [6.45, 7) is 12.2. The van der Waals surface area contributed by atoms with Crippen LogP contribution in [0.1, 0.15) is 73.5 Å². The molecule has 0 spiro atoms. The summed E-state index contributed by atoms with van der Waals surface area (Å²) < 4.78 is 6.43. The minimum atomic E-state index is -0.527. The number of anilines is 1. The van der Waals surface area contributed by atoms with E-state index in [9.17, 15) is 19.6 Å². The lowest BCUT2D eigenvalue weighted by molar-refractivity contribution is -0.215. The second kappa shape index (κ2) is 12.9. The molecule has 3 fully saturated rings. The first-order chi connectivity index (χ1) is 22.8. The number of aromatic nitrogens is 1. The summed E-state index contributed by atoms with van der Waals surface area (Å²) in [5.74, 6) is 0.180. The highest BCUT2D eigenvalue weighted by Gasteiger charge is 2.68. The first kappa shape index (κ1) is 33.4. The van der Waals surface area contributed by atoms with Crippen molar-refractivity contribution in [2.75, 3.05) is 31.1 Å². The lowest BCUT2D eigenvalue weighted by Crippen LogP contribution is -2.76. The van der Waals surface area contributed by atoms with Crippen LogP contribution in [0.25, 0.3) is 0 Å². The zero-order valence-electron chi connectivity index (χ0n) is 27.8. The van der Waals surface area contributed by atoms with Gasteiger partial charge in [-0.25, -0.2) is 4.98 Å². The van der Waals surface area contributed by atoms with E-state index in [4.69, 9.17) is 22.1 Å². The Bertz CT molecular complexity index is 1760. The number of hydrogen-bond donors (Lipinski definition) is 1. The van der Waals surface area contributed by atoms with Gasteiger partial charge in [-0.3, -0.25) is 24.2 Å². The number of ether oxygens (including phenoxy) is 1. The average molecular weight is 669 g/mol. The summed E-state index contributed by atoms with van der Waals surface area (Å²) in [6.07, 6.45) is 2.00. The van der Waals surface area contributed by atoms with E-state index in [1.807, 2.05) is 45.9 Å². The molecular formula is C37H41ClN6O4. The molecule has 1 aliphatic carbocycles. The average Bonchev–Trinajstić information content (AvgIpc) is 3.06. The van der Waals surface area contributed by atoms with Gasteiger partial charge in [0, 0.05) is 62.2 Å². The smallest absolute Gasteiger partial charge is 0.250 e. The van der Waals surface area contributed by atoms with Crippen molar-refractivity contribution in [3.63, 3.8) is 0 Å². The normalized spacial score (nSPS) is 23.7. The van der Waals surface area contributed by atoms with Crippen molar-refractivity contribution in [3.8, 4) is 11.8 Å². The number of imide groups is 1. The third-order valence-electron chi connectivity index (χ3n) is 10.3. The van der Waals surface area contributed by atoms with E-state index in [0.29, 0.717) is 34.7 Å². The fourth-order valence-electron chi connectivity index (χ4n) is 8.28. The van der Waals surface area contributed by atoms with E-state index in [-0.39, 0.29) is 24.0 Å². The van der Waals surface area contributed by atoms with Gasteiger partial charge in [-0.2, -0.15) is 5.26 Å². The predicted octanol–water partition coefficient (Wildman–Crippen LogP) is 5.14. The lowest BCUT2D eigenvalue weighted by atomic mass is 9.48. The fourth-order valence-corrected chi connectivity index (χ4v) is 8.49. The molecule has 3 aliphatic rings. The zero-order chi connectivity index (χ0) is 34.4. The van der Waals surface area contributed by atoms with Gasteiger partial charge in [-0.05, 0) is 41.8 Å². The number of primary amides is 1. The molecule has 0 bridgehead atoms. The third-order valence-corrected chi connectivity index (χ3v) is 10.6. The number of nitrogens with zero attached hydrogens (tertiary/aromatic N) is 5. The molecule has 11 heteroatoms. The molecule has 48 heavy (non-hydrogen) atoms. The van der Waals surface area contributed by atoms with Crippen molar-refractivity contribution in [3.05, 3.63) is 88.1 Å². The Morgan fingerprint density at radius 3 is 2.40 bits per heavy atom. The molecule has 10 nitrogen and oxygen atoms in total. The SMILES string of the molecule is CC1(C)C(Oc2ccc(C#N)c(Cl)c2)C(C)(C)C1N1C(=O)CCC(c2cccc(CN3CCN(c4ccc(C(N)=O)cn4)CC3)c2)C1=O. The zero-order valence-corrected chi connectivity index (χ0v) is 28.5. The minimum absolute atomic E-state index is 0.143. The number of nitrogens with two attached hydrogens (primary N) is 1. The highest BCUT2D eigenvalue weighted by molar-refractivity contribution is 6.31. The van der Waals surface area contributed by atoms with Crippen molar-refractivity contribution in [1.82, 2.24) is 14.8 Å². The van der Waals surface area contributed by atoms with E-state index in [1.54, 1.807) is 24.3 Å². The number of halogens is 1. The van der Waals surface area contributed by atoms with E-state index >= 15 is 0 Å². The molecule has 3 heterocycles. The number of hydrogen-bond acceptors (Lipinski definition) is 8. The summed E-state index contributed by atoms with van der Waals surface area (Å²) in [7, 11) is 0. The number of carbonyl (C=O) groups is 3. The summed E-state index contributed by atoms with van der Waals surface area (Å²) in [6, 6.07) is 18.5. The summed E-state index contributed by atoms with van der Waals surface area (Å²) in [5, 5.41) is 9.56. The largest absolute Gasteiger partial charge is 0.489 e. The van der Waals surface area contributed by atoms with Crippen LogP contribution in [0.4, 0.5) is 5.82 Å². The molecule has 1 atom stereocenters. The van der Waals surface area contributed by atoms with Crippen molar-refractivity contribution in [2.45, 2.75) is 65.1 Å². The number of rotatable bonds is 8. The van der Waals surface area contributed by atoms with Crippen molar-refractivity contribution >= 4 is 35.1 Å².